The van der Waals surface area contributed by atoms with Crippen LogP contribution in [-0.2, 0) is 4.79 Å². The highest BCUT2D eigenvalue weighted by atomic mass is 16.2. The molecule has 1 rings (SSSR count). The van der Waals surface area contributed by atoms with Gasteiger partial charge in [-0.3, -0.25) is 9.78 Å². The Morgan fingerprint density at radius 3 is 2.86 bits per heavy atom. The van der Waals surface area contributed by atoms with Gasteiger partial charge in [0.2, 0.25) is 12.0 Å². The van der Waals surface area contributed by atoms with Crippen molar-refractivity contribution in [1.29, 1.82) is 0 Å². The maximum atomic E-state index is 11.8. The van der Waals surface area contributed by atoms with Crippen LogP contribution in [0.15, 0.2) is 15.9 Å². The Hall–Kier alpha value is -2.51. The fraction of sp³-hybridized carbons (Fsp3) is 0.538. The van der Waals surface area contributed by atoms with E-state index in [9.17, 15) is 14.4 Å². The summed E-state index contributed by atoms with van der Waals surface area (Å²) in [6.07, 6.45) is 4.91. The number of amides is 2. The first-order chi connectivity index (χ1) is 10.5. The fourth-order valence-corrected chi connectivity index (χ4v) is 1.77. The number of aromatic amines is 1. The Labute approximate surface area is 127 Å². The van der Waals surface area contributed by atoms with Crippen LogP contribution in [0.1, 0.15) is 31.4 Å². The summed E-state index contributed by atoms with van der Waals surface area (Å²) in [7, 11) is 0. The zero-order chi connectivity index (χ0) is 16.4. The van der Waals surface area contributed by atoms with Gasteiger partial charge in [-0.1, -0.05) is 12.8 Å². The van der Waals surface area contributed by atoms with Crippen molar-refractivity contribution in [3.8, 4) is 0 Å². The minimum absolute atomic E-state index is 0.00535. The fourth-order valence-electron chi connectivity index (χ4n) is 1.77. The first kappa shape index (κ1) is 17.5. The number of urea groups is 1. The number of hydrazine groups is 1. The van der Waals surface area contributed by atoms with Gasteiger partial charge in [-0.05, 0) is 19.8 Å². The molecule has 0 unspecified atom stereocenters. The average Bonchev–Trinajstić information content (AvgIpc) is 2.48. The molecule has 0 bridgehead atoms. The average molecular weight is 308 g/mol. The number of carbonyl (C=O) groups excluding carboxylic acids is 2. The number of unbranched alkanes of at least 4 members (excludes halogenated alkanes) is 3. The van der Waals surface area contributed by atoms with Crippen molar-refractivity contribution in [3.05, 3.63) is 22.1 Å². The topological polar surface area (TPSA) is 134 Å². The number of aliphatic imine (C=N–C) groups is 1. The second-order valence-corrected chi connectivity index (χ2v) is 4.70. The molecule has 1 aromatic rings. The van der Waals surface area contributed by atoms with Gasteiger partial charge in [0, 0.05) is 18.3 Å². The van der Waals surface area contributed by atoms with Gasteiger partial charge >= 0.3 is 6.03 Å². The van der Waals surface area contributed by atoms with Crippen LogP contribution in [0, 0.1) is 6.92 Å². The minimum Gasteiger partial charge on any atom is -0.336 e. The van der Waals surface area contributed by atoms with Crippen molar-refractivity contribution in [3.63, 3.8) is 0 Å². The Bertz CT molecular complexity index is 594. The predicted octanol–water partition coefficient (Wildman–Crippen LogP) is 0.364. The second-order valence-electron chi connectivity index (χ2n) is 4.70. The largest absolute Gasteiger partial charge is 0.338 e. The quantitative estimate of drug-likeness (QED) is 0.159. The molecule has 1 heterocycles. The van der Waals surface area contributed by atoms with Crippen molar-refractivity contribution in [2.45, 2.75) is 32.6 Å². The normalized spacial score (nSPS) is 9.91. The number of carbonyl (C=O) groups is 1. The summed E-state index contributed by atoms with van der Waals surface area (Å²) in [6.45, 7) is 2.58. The monoisotopic (exact) mass is 308 g/mol. The number of aromatic nitrogens is 2. The first-order valence-corrected chi connectivity index (χ1v) is 6.99. The Balaban J connectivity index is 2.30. The number of hydrogen-bond donors (Lipinski definition) is 3. The lowest BCUT2D eigenvalue weighted by atomic mass is 10.2. The molecular formula is C13H20N6O3. The predicted molar refractivity (Wildman–Crippen MR) is 81.1 cm³/mol. The van der Waals surface area contributed by atoms with Gasteiger partial charge < -0.3 is 5.32 Å². The number of hydrogen-bond acceptors (Lipinski definition) is 6. The minimum atomic E-state index is -0.542. The molecular weight excluding hydrogens is 288 g/mol. The molecule has 2 amide bonds. The summed E-state index contributed by atoms with van der Waals surface area (Å²) in [5, 5.41) is 3.41. The molecule has 0 fully saturated rings. The van der Waals surface area contributed by atoms with E-state index in [0.717, 1.165) is 30.7 Å². The standard InChI is InChI=1S/C13H20N6O3/c1-10-8-11(21)18-12(17-10)19(14)13(22)16-7-5-3-2-4-6-15-9-20/h8H,2-7,14H2,1H3,(H,16,22)(H,17,18,21). The highest BCUT2D eigenvalue weighted by molar-refractivity contribution is 5.88. The van der Waals surface area contributed by atoms with E-state index in [1.54, 1.807) is 6.92 Å². The lowest BCUT2D eigenvalue weighted by Gasteiger charge is -2.16. The summed E-state index contributed by atoms with van der Waals surface area (Å²) in [5.74, 6) is 5.61. The molecule has 0 spiro atoms. The molecule has 0 atom stereocenters. The summed E-state index contributed by atoms with van der Waals surface area (Å²) >= 11 is 0. The molecule has 0 saturated heterocycles. The molecule has 9 nitrogen and oxygen atoms in total. The number of isocyanates is 1. The lowest BCUT2D eigenvalue weighted by molar-refractivity contribution is 0.246. The summed E-state index contributed by atoms with van der Waals surface area (Å²) in [6, 6.07) is 0.767. The van der Waals surface area contributed by atoms with Gasteiger partial charge in [0.1, 0.15) is 0 Å². The first-order valence-electron chi connectivity index (χ1n) is 6.99. The van der Waals surface area contributed by atoms with E-state index < -0.39 is 6.03 Å². The maximum Gasteiger partial charge on any atom is 0.338 e. The number of nitrogens with one attached hydrogen (secondary N) is 2. The van der Waals surface area contributed by atoms with Gasteiger partial charge in [0.05, 0.1) is 6.54 Å². The zero-order valence-corrected chi connectivity index (χ0v) is 12.5. The highest BCUT2D eigenvalue weighted by Crippen LogP contribution is 2.02. The van der Waals surface area contributed by atoms with Crippen LogP contribution in [0.5, 0.6) is 0 Å². The van der Waals surface area contributed by atoms with Gasteiger partial charge in [-0.15, -0.1) is 0 Å². The smallest absolute Gasteiger partial charge is 0.336 e. The van der Waals surface area contributed by atoms with Crippen LogP contribution >= 0.6 is 0 Å². The molecule has 1 aromatic heterocycles. The van der Waals surface area contributed by atoms with Crippen LogP contribution in [0.25, 0.3) is 0 Å². The summed E-state index contributed by atoms with van der Waals surface area (Å²) < 4.78 is 0. The molecule has 0 aliphatic heterocycles. The number of H-pyrrole nitrogens is 1. The van der Waals surface area contributed by atoms with Gasteiger partial charge in [0.15, 0.2) is 0 Å². The molecule has 0 aliphatic carbocycles. The number of anilines is 1. The van der Waals surface area contributed by atoms with Crippen molar-refractivity contribution in [2.24, 2.45) is 10.8 Å². The Morgan fingerprint density at radius 2 is 2.18 bits per heavy atom. The molecule has 0 aliphatic rings. The number of rotatable bonds is 8. The summed E-state index contributed by atoms with van der Waals surface area (Å²) in [5.41, 5.74) is 0.101. The van der Waals surface area contributed by atoms with Crippen LogP contribution in [0.3, 0.4) is 0 Å². The lowest BCUT2D eigenvalue weighted by Crippen LogP contribution is -2.46. The molecule has 120 valence electrons. The van der Waals surface area contributed by atoms with Crippen molar-refractivity contribution in [2.75, 3.05) is 18.1 Å². The van der Waals surface area contributed by atoms with Crippen LogP contribution in [0.2, 0.25) is 0 Å². The number of nitrogens with two attached hydrogens (primary N) is 1. The van der Waals surface area contributed by atoms with E-state index in [1.165, 1.54) is 12.1 Å². The van der Waals surface area contributed by atoms with Crippen molar-refractivity contribution >= 4 is 18.1 Å². The van der Waals surface area contributed by atoms with Gasteiger partial charge in [0.25, 0.3) is 5.56 Å². The highest BCUT2D eigenvalue weighted by Gasteiger charge is 2.13. The van der Waals surface area contributed by atoms with E-state index >= 15 is 0 Å². The summed E-state index contributed by atoms with van der Waals surface area (Å²) in [4.78, 5) is 42.8. The van der Waals surface area contributed by atoms with Gasteiger partial charge in [-0.2, -0.15) is 5.01 Å². The number of aryl methyl sites for hydroxylation is 1. The molecule has 22 heavy (non-hydrogen) atoms. The van der Waals surface area contributed by atoms with Gasteiger partial charge in [-0.25, -0.2) is 25.4 Å². The van der Waals surface area contributed by atoms with E-state index in [-0.39, 0.29) is 11.5 Å². The molecule has 0 radical (unpaired) electrons. The van der Waals surface area contributed by atoms with Crippen LogP contribution in [-0.4, -0.2) is 35.2 Å². The third-order valence-corrected chi connectivity index (χ3v) is 2.84. The van der Waals surface area contributed by atoms with E-state index in [1.807, 2.05) is 0 Å². The number of nitrogens with zero attached hydrogens (tertiary/aromatic N) is 3. The van der Waals surface area contributed by atoms with Crippen molar-refractivity contribution in [1.82, 2.24) is 15.3 Å². The molecule has 0 saturated carbocycles. The zero-order valence-electron chi connectivity index (χ0n) is 12.5. The van der Waals surface area contributed by atoms with E-state index in [0.29, 0.717) is 18.8 Å². The third kappa shape index (κ3) is 6.29. The second kappa shape index (κ2) is 9.43. The SMILES string of the molecule is Cc1cc(=O)[nH]c(N(N)C(=O)NCCCCCCN=C=O)n1. The Morgan fingerprint density at radius 1 is 1.45 bits per heavy atom. The molecule has 0 aromatic carbocycles. The van der Waals surface area contributed by atoms with Crippen molar-refractivity contribution < 1.29 is 9.59 Å². The Kier molecular flexibility index (Phi) is 7.52. The van der Waals surface area contributed by atoms with E-state index in [4.69, 9.17) is 5.84 Å². The van der Waals surface area contributed by atoms with E-state index in [2.05, 4.69) is 20.3 Å². The van der Waals surface area contributed by atoms with Crippen LogP contribution in [0.4, 0.5) is 10.7 Å². The molecule has 9 heteroatoms. The molecule has 4 N–H and O–H groups in total. The maximum absolute atomic E-state index is 11.8. The van der Waals surface area contributed by atoms with Crippen LogP contribution < -0.4 is 21.7 Å². The third-order valence-electron chi connectivity index (χ3n) is 2.84.